The summed E-state index contributed by atoms with van der Waals surface area (Å²) in [6.07, 6.45) is 0. The van der Waals surface area contributed by atoms with E-state index in [4.69, 9.17) is 4.74 Å². The van der Waals surface area contributed by atoms with Crippen LogP contribution in [0.3, 0.4) is 0 Å². The van der Waals surface area contributed by atoms with Crippen LogP contribution in [0, 0.1) is 0 Å². The Morgan fingerprint density at radius 3 is 2.75 bits per heavy atom. The van der Waals surface area contributed by atoms with E-state index in [-0.39, 0.29) is 0 Å². The zero-order valence-corrected chi connectivity index (χ0v) is 13.6. The van der Waals surface area contributed by atoms with Gasteiger partial charge < -0.3 is 10.1 Å². The van der Waals surface area contributed by atoms with Crippen molar-refractivity contribution in [1.82, 2.24) is 9.62 Å². The second kappa shape index (κ2) is 6.86. The van der Waals surface area contributed by atoms with Gasteiger partial charge in [0, 0.05) is 43.3 Å². The molecule has 1 aromatic carbocycles. The number of nitrogens with zero attached hydrogens (tertiary/aromatic N) is 1. The van der Waals surface area contributed by atoms with Gasteiger partial charge in [-0.25, -0.2) is 0 Å². The highest BCUT2D eigenvalue weighted by Crippen LogP contribution is 2.26. The molecule has 112 valence electrons. The molecule has 1 aromatic rings. The van der Waals surface area contributed by atoms with E-state index in [9.17, 15) is 8.42 Å². The maximum absolute atomic E-state index is 12.4. The fraction of sp³-hybridized carbons (Fsp3) is 0.500. The summed E-state index contributed by atoms with van der Waals surface area (Å²) in [4.78, 5) is 0. The molecule has 0 radical (unpaired) electrons. The number of hydrogen-bond acceptors (Lipinski definition) is 4. The Hall–Kier alpha value is -0.670. The van der Waals surface area contributed by atoms with Crippen molar-refractivity contribution >= 4 is 31.8 Å². The summed E-state index contributed by atoms with van der Waals surface area (Å²) in [6, 6.07) is 5.38. The smallest absolute Gasteiger partial charge is 0.301 e. The van der Waals surface area contributed by atoms with E-state index in [1.165, 1.54) is 4.31 Å². The van der Waals surface area contributed by atoms with Gasteiger partial charge in [-0.2, -0.15) is 12.7 Å². The molecule has 0 atom stereocenters. The lowest BCUT2D eigenvalue weighted by molar-refractivity contribution is 0.185. The summed E-state index contributed by atoms with van der Waals surface area (Å²) in [7, 11) is -1.95. The Labute approximate surface area is 127 Å². The molecule has 0 aliphatic carbocycles. The van der Waals surface area contributed by atoms with E-state index < -0.39 is 10.2 Å². The van der Waals surface area contributed by atoms with Gasteiger partial charge in [0.25, 0.3) is 0 Å². The van der Waals surface area contributed by atoms with E-state index in [1.807, 2.05) is 6.07 Å². The van der Waals surface area contributed by atoms with Crippen LogP contribution in [-0.2, 0) is 21.6 Å². The summed E-state index contributed by atoms with van der Waals surface area (Å²) >= 11 is 3.41. The van der Waals surface area contributed by atoms with Crippen molar-refractivity contribution in [2.24, 2.45) is 0 Å². The number of benzene rings is 1. The third kappa shape index (κ3) is 3.70. The molecule has 2 N–H and O–H groups in total. The molecule has 1 aliphatic heterocycles. The number of halogens is 1. The molecule has 0 unspecified atom stereocenters. The third-order valence-corrected chi connectivity index (χ3v) is 5.33. The lowest BCUT2D eigenvalue weighted by atomic mass is 10.2. The lowest BCUT2D eigenvalue weighted by Gasteiger charge is -2.27. The zero-order valence-electron chi connectivity index (χ0n) is 11.2. The molecule has 1 heterocycles. The third-order valence-electron chi connectivity index (χ3n) is 3.06. The molecule has 6 nitrogen and oxygen atoms in total. The van der Waals surface area contributed by atoms with Gasteiger partial charge in [0.05, 0.1) is 12.3 Å². The Bertz CT molecular complexity index is 559. The Kier molecular flexibility index (Phi) is 5.39. The van der Waals surface area contributed by atoms with Gasteiger partial charge >= 0.3 is 10.2 Å². The summed E-state index contributed by atoms with van der Waals surface area (Å²) in [5.41, 5.74) is 1.33. The molecule has 8 heteroatoms. The highest BCUT2D eigenvalue weighted by Gasteiger charge is 2.24. The second-order valence-electron chi connectivity index (χ2n) is 4.46. The minimum Gasteiger partial charge on any atom is -0.380 e. The van der Waals surface area contributed by atoms with Gasteiger partial charge in [-0.3, -0.25) is 4.72 Å². The normalized spacial score (nSPS) is 17.1. The highest BCUT2D eigenvalue weighted by molar-refractivity contribution is 9.10. The van der Waals surface area contributed by atoms with Crippen LogP contribution in [0.2, 0.25) is 0 Å². The summed E-state index contributed by atoms with van der Waals surface area (Å²) in [5, 5.41) is 3.13. The number of methoxy groups -OCH3 is 1. The van der Waals surface area contributed by atoms with Gasteiger partial charge in [0.2, 0.25) is 0 Å². The summed E-state index contributed by atoms with van der Waals surface area (Å²) < 4.78 is 34.7. The van der Waals surface area contributed by atoms with Crippen LogP contribution < -0.4 is 10.0 Å². The monoisotopic (exact) mass is 363 g/mol. The number of ether oxygens (including phenoxy) is 1. The van der Waals surface area contributed by atoms with Crippen LogP contribution in [0.1, 0.15) is 5.56 Å². The number of hydrogen-bond donors (Lipinski definition) is 2. The van der Waals surface area contributed by atoms with Gasteiger partial charge in [0.15, 0.2) is 0 Å². The standard InChI is InChI=1S/C12H18BrN3O3S/c1-19-9-10-11(13)3-2-4-12(10)15-20(17,18)16-7-5-14-6-8-16/h2-4,14-15H,5-9H2,1H3. The maximum atomic E-state index is 12.4. The predicted molar refractivity (Wildman–Crippen MR) is 81.8 cm³/mol. The average molecular weight is 364 g/mol. The highest BCUT2D eigenvalue weighted by atomic mass is 79.9. The molecule has 1 saturated heterocycles. The van der Waals surface area contributed by atoms with Crippen LogP contribution in [-0.4, -0.2) is 46.0 Å². The molecule has 0 amide bonds. The van der Waals surface area contributed by atoms with E-state index in [0.717, 1.165) is 10.0 Å². The van der Waals surface area contributed by atoms with E-state index in [0.29, 0.717) is 38.5 Å². The maximum Gasteiger partial charge on any atom is 0.301 e. The summed E-state index contributed by atoms with van der Waals surface area (Å²) in [6.45, 7) is 2.63. The molecular weight excluding hydrogens is 346 g/mol. The van der Waals surface area contributed by atoms with Crippen molar-refractivity contribution in [3.63, 3.8) is 0 Å². The van der Waals surface area contributed by atoms with Crippen molar-refractivity contribution in [2.45, 2.75) is 6.61 Å². The Balaban J connectivity index is 2.22. The Morgan fingerprint density at radius 1 is 1.40 bits per heavy atom. The first-order chi connectivity index (χ1) is 9.54. The van der Waals surface area contributed by atoms with Gasteiger partial charge in [-0.05, 0) is 12.1 Å². The van der Waals surface area contributed by atoms with Crippen LogP contribution in [0.5, 0.6) is 0 Å². The first kappa shape index (κ1) is 15.7. The molecule has 2 rings (SSSR count). The molecule has 1 fully saturated rings. The van der Waals surface area contributed by atoms with Crippen molar-refractivity contribution in [2.75, 3.05) is 38.0 Å². The van der Waals surface area contributed by atoms with E-state index in [2.05, 4.69) is 26.0 Å². The molecule has 0 bridgehead atoms. The van der Waals surface area contributed by atoms with Gasteiger partial charge in [-0.1, -0.05) is 22.0 Å². The minimum atomic E-state index is -3.53. The van der Waals surface area contributed by atoms with E-state index >= 15 is 0 Å². The van der Waals surface area contributed by atoms with Crippen LogP contribution in [0.15, 0.2) is 22.7 Å². The largest absolute Gasteiger partial charge is 0.380 e. The molecule has 0 aromatic heterocycles. The molecule has 0 spiro atoms. The predicted octanol–water partition coefficient (Wildman–Crippen LogP) is 1.16. The summed E-state index contributed by atoms with van der Waals surface area (Å²) in [5.74, 6) is 0. The van der Waals surface area contributed by atoms with E-state index in [1.54, 1.807) is 19.2 Å². The number of rotatable bonds is 5. The van der Waals surface area contributed by atoms with Crippen LogP contribution >= 0.6 is 15.9 Å². The van der Waals surface area contributed by atoms with Gasteiger partial charge in [-0.15, -0.1) is 0 Å². The van der Waals surface area contributed by atoms with Crippen molar-refractivity contribution in [3.05, 3.63) is 28.2 Å². The van der Waals surface area contributed by atoms with Crippen LogP contribution in [0.4, 0.5) is 5.69 Å². The fourth-order valence-corrected chi connectivity index (χ4v) is 3.78. The van der Waals surface area contributed by atoms with Crippen molar-refractivity contribution in [1.29, 1.82) is 0 Å². The first-order valence-corrected chi connectivity index (χ1v) is 8.53. The molecule has 0 saturated carbocycles. The lowest BCUT2D eigenvalue weighted by Crippen LogP contribution is -2.48. The van der Waals surface area contributed by atoms with Gasteiger partial charge in [0.1, 0.15) is 0 Å². The second-order valence-corrected chi connectivity index (χ2v) is 6.98. The minimum absolute atomic E-state index is 0.334. The van der Waals surface area contributed by atoms with Crippen molar-refractivity contribution < 1.29 is 13.2 Å². The van der Waals surface area contributed by atoms with Crippen molar-refractivity contribution in [3.8, 4) is 0 Å². The average Bonchev–Trinajstić information content (AvgIpc) is 2.43. The molecule has 1 aliphatic rings. The number of nitrogens with one attached hydrogen (secondary N) is 2. The topological polar surface area (TPSA) is 70.7 Å². The van der Waals surface area contributed by atoms with Crippen LogP contribution in [0.25, 0.3) is 0 Å². The Morgan fingerprint density at radius 2 is 2.10 bits per heavy atom. The molecule has 20 heavy (non-hydrogen) atoms. The number of piperazine rings is 1. The first-order valence-electron chi connectivity index (χ1n) is 6.29. The zero-order chi connectivity index (χ0) is 14.6. The quantitative estimate of drug-likeness (QED) is 0.823. The number of anilines is 1. The fourth-order valence-electron chi connectivity index (χ4n) is 2.03. The SMILES string of the molecule is COCc1c(Br)cccc1NS(=O)(=O)N1CCNCC1. The molecular formula is C12H18BrN3O3S.